The van der Waals surface area contributed by atoms with Gasteiger partial charge in [-0.3, -0.25) is 4.98 Å². The molecule has 0 unspecified atom stereocenters. The largest absolute Gasteiger partial charge is 0.461 e. The van der Waals surface area contributed by atoms with Crippen LogP contribution in [0.5, 0.6) is 0 Å². The molecular formula is C56H37N3O2. The first-order chi connectivity index (χ1) is 30.1. The summed E-state index contributed by atoms with van der Waals surface area (Å²) in [5.41, 5.74) is 14.7. The van der Waals surface area contributed by atoms with Crippen LogP contribution in [0.1, 0.15) is 11.3 Å². The van der Waals surface area contributed by atoms with E-state index in [1.165, 1.54) is 0 Å². The Bertz CT molecular complexity index is 3500. The smallest absolute Gasteiger partial charge is 0.160 e. The van der Waals surface area contributed by atoms with Crippen LogP contribution in [0, 0.1) is 6.92 Å². The Morgan fingerprint density at radius 1 is 0.475 bits per heavy atom. The average molecular weight is 784 g/mol. The highest BCUT2D eigenvalue weighted by Crippen LogP contribution is 2.39. The highest BCUT2D eigenvalue weighted by molar-refractivity contribution is 6.06. The number of aromatic nitrogens is 3. The predicted molar refractivity (Wildman–Crippen MR) is 251 cm³/mol. The van der Waals surface area contributed by atoms with Crippen molar-refractivity contribution in [2.24, 2.45) is 0 Å². The maximum Gasteiger partial charge on any atom is 0.160 e. The summed E-state index contributed by atoms with van der Waals surface area (Å²) in [4.78, 5) is 14.9. The Balaban J connectivity index is 1.10. The standard InChI is InChI=1S/C56H37N3O2/c1-3-4-14-45-35(2)60-54-24-22-39(31-49(45)54)42-28-43(40-23-25-55-50(32-40)48-15-8-9-17-53(48)61-55)30-44(29-42)52-33-51(37-11-6-5-7-12-37)58-56(59-52)38-20-18-36(19-21-38)46-16-10-13-41-34-57-27-26-47(41)46/h3-34H,1H2,2H3/b14-4-. The summed E-state index contributed by atoms with van der Waals surface area (Å²) in [7, 11) is 0. The molecule has 0 aliphatic heterocycles. The van der Waals surface area contributed by atoms with Crippen molar-refractivity contribution >= 4 is 49.8 Å². The van der Waals surface area contributed by atoms with Gasteiger partial charge in [0.25, 0.3) is 0 Å². The second kappa shape index (κ2) is 14.9. The predicted octanol–water partition coefficient (Wildman–Crippen LogP) is 15.2. The first kappa shape index (κ1) is 36.0. The van der Waals surface area contributed by atoms with Crippen molar-refractivity contribution in [3.8, 4) is 67.3 Å². The molecule has 4 aromatic heterocycles. The Kier molecular flexibility index (Phi) is 8.79. The molecule has 0 aliphatic carbocycles. The van der Waals surface area contributed by atoms with Gasteiger partial charge in [0, 0.05) is 56.2 Å². The minimum absolute atomic E-state index is 0.650. The van der Waals surface area contributed by atoms with Gasteiger partial charge in [-0.15, -0.1) is 0 Å². The average Bonchev–Trinajstić information content (AvgIpc) is 3.86. The van der Waals surface area contributed by atoms with Crippen LogP contribution in [0.15, 0.2) is 204 Å². The molecule has 0 bridgehead atoms. The highest BCUT2D eigenvalue weighted by Gasteiger charge is 2.17. The molecule has 0 amide bonds. The lowest BCUT2D eigenvalue weighted by atomic mass is 9.93. The SMILES string of the molecule is C=C/C=C\c1c(C)oc2ccc(-c3cc(-c4ccc5oc6ccccc6c5c4)cc(-c4cc(-c5ccccc5)nc(-c5ccc(-c6cccc7cnccc67)cc5)n4)c3)cc12. The molecule has 0 saturated heterocycles. The maximum atomic E-state index is 6.23. The van der Waals surface area contributed by atoms with E-state index in [-0.39, 0.29) is 0 Å². The summed E-state index contributed by atoms with van der Waals surface area (Å²) in [5.74, 6) is 1.52. The van der Waals surface area contributed by atoms with Gasteiger partial charge in [0.1, 0.15) is 22.5 Å². The minimum Gasteiger partial charge on any atom is -0.461 e. The molecule has 11 aromatic rings. The van der Waals surface area contributed by atoms with Crippen molar-refractivity contribution < 1.29 is 8.83 Å². The van der Waals surface area contributed by atoms with E-state index in [4.69, 9.17) is 18.8 Å². The van der Waals surface area contributed by atoms with Gasteiger partial charge in [-0.2, -0.15) is 0 Å². The van der Waals surface area contributed by atoms with Crippen molar-refractivity contribution in [3.05, 3.63) is 206 Å². The molecular weight excluding hydrogens is 747 g/mol. The lowest BCUT2D eigenvalue weighted by Crippen LogP contribution is -1.97. The quantitative estimate of drug-likeness (QED) is 0.144. The van der Waals surface area contributed by atoms with E-state index in [9.17, 15) is 0 Å². The third-order valence-corrected chi connectivity index (χ3v) is 11.5. The molecule has 4 heterocycles. The summed E-state index contributed by atoms with van der Waals surface area (Å²) in [6, 6.07) is 57.2. The summed E-state index contributed by atoms with van der Waals surface area (Å²) in [5, 5.41) is 5.49. The van der Waals surface area contributed by atoms with Crippen LogP contribution in [-0.4, -0.2) is 15.0 Å². The lowest BCUT2D eigenvalue weighted by Gasteiger charge is -2.14. The fraction of sp³-hybridized carbons (Fsp3) is 0.0179. The van der Waals surface area contributed by atoms with Gasteiger partial charge >= 0.3 is 0 Å². The van der Waals surface area contributed by atoms with E-state index in [2.05, 4.69) is 151 Å². The van der Waals surface area contributed by atoms with E-state index < -0.39 is 0 Å². The van der Waals surface area contributed by atoms with Gasteiger partial charge in [0.2, 0.25) is 0 Å². The Labute approximate surface area is 352 Å². The van der Waals surface area contributed by atoms with E-state index in [0.717, 1.165) is 116 Å². The number of allylic oxidation sites excluding steroid dienone is 2. The fourth-order valence-electron chi connectivity index (χ4n) is 8.46. The van der Waals surface area contributed by atoms with E-state index in [1.54, 1.807) is 6.08 Å². The van der Waals surface area contributed by atoms with Crippen molar-refractivity contribution in [1.29, 1.82) is 0 Å². The van der Waals surface area contributed by atoms with Gasteiger partial charge < -0.3 is 8.83 Å². The first-order valence-electron chi connectivity index (χ1n) is 20.3. The van der Waals surface area contributed by atoms with Crippen LogP contribution in [0.3, 0.4) is 0 Å². The number of pyridine rings is 1. The third kappa shape index (κ3) is 6.59. The zero-order valence-electron chi connectivity index (χ0n) is 33.3. The number of hydrogen-bond acceptors (Lipinski definition) is 5. The molecule has 11 rings (SSSR count). The number of nitrogens with zero attached hydrogens (tertiary/aromatic N) is 3. The van der Waals surface area contributed by atoms with Crippen LogP contribution in [0.25, 0.3) is 117 Å². The Morgan fingerprint density at radius 3 is 1.92 bits per heavy atom. The monoisotopic (exact) mass is 783 g/mol. The van der Waals surface area contributed by atoms with Crippen LogP contribution >= 0.6 is 0 Å². The number of benzene rings is 7. The van der Waals surface area contributed by atoms with Gasteiger partial charge in [-0.1, -0.05) is 128 Å². The lowest BCUT2D eigenvalue weighted by molar-refractivity contribution is 0.577. The first-order valence-corrected chi connectivity index (χ1v) is 20.3. The number of rotatable bonds is 8. The second-order valence-electron chi connectivity index (χ2n) is 15.3. The van der Waals surface area contributed by atoms with Gasteiger partial charge in [-0.05, 0) is 106 Å². The molecule has 5 nitrogen and oxygen atoms in total. The summed E-state index contributed by atoms with van der Waals surface area (Å²) in [6.45, 7) is 5.89. The summed E-state index contributed by atoms with van der Waals surface area (Å²) < 4.78 is 12.4. The fourth-order valence-corrected chi connectivity index (χ4v) is 8.46. The topological polar surface area (TPSA) is 65.0 Å². The van der Waals surface area contributed by atoms with Crippen LogP contribution in [0.2, 0.25) is 0 Å². The number of fused-ring (bicyclic) bond motifs is 5. The molecule has 0 fully saturated rings. The molecule has 7 aromatic carbocycles. The van der Waals surface area contributed by atoms with E-state index in [0.29, 0.717) is 5.82 Å². The van der Waals surface area contributed by atoms with Crippen molar-refractivity contribution in [2.45, 2.75) is 6.92 Å². The normalized spacial score (nSPS) is 11.7. The number of aryl methyl sites for hydroxylation is 1. The number of furan rings is 2. The molecule has 61 heavy (non-hydrogen) atoms. The summed E-state index contributed by atoms with van der Waals surface area (Å²) in [6.07, 6.45) is 9.55. The van der Waals surface area contributed by atoms with Gasteiger partial charge in [0.05, 0.1) is 11.4 Å². The Morgan fingerprint density at radius 2 is 1.13 bits per heavy atom. The van der Waals surface area contributed by atoms with Gasteiger partial charge in [-0.25, -0.2) is 9.97 Å². The highest BCUT2D eigenvalue weighted by atomic mass is 16.3. The van der Waals surface area contributed by atoms with Crippen LogP contribution < -0.4 is 0 Å². The maximum absolute atomic E-state index is 6.23. The Hall–Kier alpha value is -8.15. The zero-order valence-corrected chi connectivity index (χ0v) is 33.3. The number of para-hydroxylation sites is 1. The summed E-state index contributed by atoms with van der Waals surface area (Å²) >= 11 is 0. The molecule has 0 radical (unpaired) electrons. The molecule has 0 saturated carbocycles. The van der Waals surface area contributed by atoms with Crippen molar-refractivity contribution in [3.63, 3.8) is 0 Å². The second-order valence-corrected chi connectivity index (χ2v) is 15.3. The molecule has 0 spiro atoms. The van der Waals surface area contributed by atoms with E-state index >= 15 is 0 Å². The molecule has 0 N–H and O–H groups in total. The van der Waals surface area contributed by atoms with Crippen LogP contribution in [-0.2, 0) is 0 Å². The molecule has 288 valence electrons. The molecule has 0 atom stereocenters. The minimum atomic E-state index is 0.650. The molecule has 5 heteroatoms. The van der Waals surface area contributed by atoms with Crippen molar-refractivity contribution in [2.75, 3.05) is 0 Å². The third-order valence-electron chi connectivity index (χ3n) is 11.5. The van der Waals surface area contributed by atoms with Crippen LogP contribution in [0.4, 0.5) is 0 Å². The van der Waals surface area contributed by atoms with E-state index in [1.807, 2.05) is 55.7 Å². The zero-order chi connectivity index (χ0) is 40.9. The van der Waals surface area contributed by atoms with Gasteiger partial charge in [0.15, 0.2) is 5.82 Å². The number of hydrogen-bond donors (Lipinski definition) is 0. The molecule has 0 aliphatic rings. The van der Waals surface area contributed by atoms with Crippen molar-refractivity contribution in [1.82, 2.24) is 15.0 Å².